The summed E-state index contributed by atoms with van der Waals surface area (Å²) < 4.78 is 21.0. The van der Waals surface area contributed by atoms with Crippen molar-refractivity contribution in [1.29, 1.82) is 0 Å². The van der Waals surface area contributed by atoms with Gasteiger partial charge in [-0.3, -0.25) is 4.79 Å². The van der Waals surface area contributed by atoms with Crippen LogP contribution in [0.15, 0.2) is 54.6 Å². The van der Waals surface area contributed by atoms with E-state index in [1.165, 1.54) is 12.1 Å². The van der Waals surface area contributed by atoms with Crippen LogP contribution in [0.2, 0.25) is 0 Å². The monoisotopic (exact) mass is 422 g/mol. The number of ether oxygens (including phenoxy) is 1. The van der Waals surface area contributed by atoms with Crippen molar-refractivity contribution in [1.82, 2.24) is 9.78 Å². The molecule has 1 aliphatic heterocycles. The number of aliphatic hydroxyl groups is 1. The predicted octanol–water partition coefficient (Wildman–Crippen LogP) is 4.80. The molecule has 162 valence electrons. The van der Waals surface area contributed by atoms with Crippen molar-refractivity contribution in [3.63, 3.8) is 0 Å². The summed E-state index contributed by atoms with van der Waals surface area (Å²) >= 11 is 0. The minimum Gasteiger partial charge on any atom is -0.462 e. The van der Waals surface area contributed by atoms with Gasteiger partial charge in [-0.1, -0.05) is 32.0 Å². The Labute approximate surface area is 181 Å². The van der Waals surface area contributed by atoms with Crippen LogP contribution in [0.4, 0.5) is 4.39 Å². The Hall–Kier alpha value is -2.99. The fourth-order valence-corrected chi connectivity index (χ4v) is 4.18. The van der Waals surface area contributed by atoms with Crippen LogP contribution in [0.5, 0.6) is 0 Å². The summed E-state index contributed by atoms with van der Waals surface area (Å²) in [5, 5.41) is 14.9. The Morgan fingerprint density at radius 1 is 1.16 bits per heavy atom. The van der Waals surface area contributed by atoms with Gasteiger partial charge in [-0.25, -0.2) is 9.07 Å². The van der Waals surface area contributed by atoms with Gasteiger partial charge in [-0.15, -0.1) is 0 Å². The maximum Gasteiger partial charge on any atom is 0.308 e. The molecule has 6 heteroatoms. The van der Waals surface area contributed by atoms with E-state index in [0.29, 0.717) is 19.3 Å². The van der Waals surface area contributed by atoms with Crippen LogP contribution in [0, 0.1) is 5.82 Å². The van der Waals surface area contributed by atoms with Gasteiger partial charge in [0.05, 0.1) is 29.6 Å². The van der Waals surface area contributed by atoms with Crippen molar-refractivity contribution in [3.05, 3.63) is 71.7 Å². The average Bonchev–Trinajstić information content (AvgIpc) is 3.12. The first-order chi connectivity index (χ1) is 14.9. The molecule has 0 saturated carbocycles. The van der Waals surface area contributed by atoms with Crippen molar-refractivity contribution >= 4 is 5.97 Å². The molecular weight excluding hydrogens is 395 g/mol. The van der Waals surface area contributed by atoms with Gasteiger partial charge in [0.2, 0.25) is 0 Å². The molecule has 0 spiro atoms. The molecule has 0 radical (unpaired) electrons. The molecule has 2 atom stereocenters. The number of benzene rings is 2. The average molecular weight is 423 g/mol. The Morgan fingerprint density at radius 3 is 2.52 bits per heavy atom. The Bertz CT molecular complexity index is 1040. The number of para-hydroxylation sites is 1. The molecule has 1 N–H and O–H groups in total. The molecule has 0 aliphatic carbocycles. The van der Waals surface area contributed by atoms with Crippen molar-refractivity contribution in [2.45, 2.75) is 57.7 Å². The Kier molecular flexibility index (Phi) is 6.18. The number of aliphatic hydroxyl groups excluding tert-OH is 1. The van der Waals surface area contributed by atoms with Crippen LogP contribution >= 0.6 is 0 Å². The first kappa shape index (κ1) is 21.2. The largest absolute Gasteiger partial charge is 0.462 e. The van der Waals surface area contributed by atoms with Crippen molar-refractivity contribution in [2.75, 3.05) is 0 Å². The van der Waals surface area contributed by atoms with Crippen LogP contribution in [-0.4, -0.2) is 33.1 Å². The number of hydrogen-bond acceptors (Lipinski definition) is 4. The maximum atomic E-state index is 13.6. The molecule has 0 unspecified atom stereocenters. The molecule has 1 fully saturated rings. The second-order valence-electron chi connectivity index (χ2n) is 8.37. The van der Waals surface area contributed by atoms with E-state index in [1.54, 1.807) is 12.1 Å². The number of carbonyl (C=O) groups is 1. The lowest BCUT2D eigenvalue weighted by Gasteiger charge is -2.26. The molecule has 31 heavy (non-hydrogen) atoms. The number of cyclic esters (lactones) is 1. The summed E-state index contributed by atoms with van der Waals surface area (Å²) in [6, 6.07) is 16.3. The van der Waals surface area contributed by atoms with Gasteiger partial charge in [0.15, 0.2) is 0 Å². The molecule has 1 aromatic heterocycles. The van der Waals surface area contributed by atoms with E-state index in [0.717, 1.165) is 28.2 Å². The van der Waals surface area contributed by atoms with E-state index < -0.39 is 6.10 Å². The third-order valence-electron chi connectivity index (χ3n) is 5.63. The first-order valence-electron chi connectivity index (χ1n) is 10.7. The van der Waals surface area contributed by atoms with E-state index in [-0.39, 0.29) is 30.2 Å². The topological polar surface area (TPSA) is 64.3 Å². The summed E-state index contributed by atoms with van der Waals surface area (Å²) in [6.07, 6.45) is 0.758. The van der Waals surface area contributed by atoms with Crippen LogP contribution in [-0.2, 0) is 16.0 Å². The normalized spacial score (nSPS) is 18.9. The summed E-state index contributed by atoms with van der Waals surface area (Å²) in [7, 11) is 0. The molecule has 0 amide bonds. The SMILES string of the molecule is CC(C)c1nn(-c2ccccc2)c(-c2ccc(F)cc2)c1CC[C@@H]1C[C@@H](O)CC(=O)O1. The summed E-state index contributed by atoms with van der Waals surface area (Å²) in [4.78, 5) is 11.7. The third kappa shape index (κ3) is 4.69. The predicted molar refractivity (Wildman–Crippen MR) is 116 cm³/mol. The molecule has 1 aliphatic rings. The minimum absolute atomic E-state index is 0.0561. The number of esters is 1. The summed E-state index contributed by atoms with van der Waals surface area (Å²) in [5.74, 6) is -0.464. The van der Waals surface area contributed by atoms with E-state index in [2.05, 4.69) is 13.8 Å². The van der Waals surface area contributed by atoms with E-state index in [1.807, 2.05) is 35.0 Å². The highest BCUT2D eigenvalue weighted by molar-refractivity contribution is 5.71. The van der Waals surface area contributed by atoms with E-state index >= 15 is 0 Å². The lowest BCUT2D eigenvalue weighted by molar-refractivity contribution is -0.160. The summed E-state index contributed by atoms with van der Waals surface area (Å²) in [6.45, 7) is 4.19. The number of hydrogen-bond donors (Lipinski definition) is 1. The lowest BCUT2D eigenvalue weighted by Crippen LogP contribution is -2.32. The number of nitrogens with zero attached hydrogens (tertiary/aromatic N) is 2. The fraction of sp³-hybridized carbons (Fsp3) is 0.360. The van der Waals surface area contributed by atoms with Crippen LogP contribution in [0.25, 0.3) is 16.9 Å². The van der Waals surface area contributed by atoms with Gasteiger partial charge in [0.25, 0.3) is 0 Å². The van der Waals surface area contributed by atoms with E-state index in [4.69, 9.17) is 9.84 Å². The molecule has 2 heterocycles. The Morgan fingerprint density at radius 2 is 1.87 bits per heavy atom. The highest BCUT2D eigenvalue weighted by Gasteiger charge is 2.29. The van der Waals surface area contributed by atoms with Crippen molar-refractivity contribution in [2.24, 2.45) is 0 Å². The second kappa shape index (κ2) is 9.02. The van der Waals surface area contributed by atoms with Crippen molar-refractivity contribution < 1.29 is 19.0 Å². The molecule has 1 saturated heterocycles. The smallest absolute Gasteiger partial charge is 0.308 e. The third-order valence-corrected chi connectivity index (χ3v) is 5.63. The van der Waals surface area contributed by atoms with Crippen LogP contribution in [0.3, 0.4) is 0 Å². The first-order valence-corrected chi connectivity index (χ1v) is 10.7. The standard InChI is InChI=1S/C25H27FN2O3/c1-16(2)24-22(13-12-21-14-20(29)15-23(30)31-21)25(17-8-10-18(26)11-9-17)28(27-24)19-6-4-3-5-7-19/h3-11,16,20-21,29H,12-15H2,1-2H3/t20-,21-/m1/s1. The number of aromatic nitrogens is 2. The van der Waals surface area contributed by atoms with E-state index in [9.17, 15) is 14.3 Å². The number of carbonyl (C=O) groups excluding carboxylic acids is 1. The molecule has 2 aromatic carbocycles. The van der Waals surface area contributed by atoms with Gasteiger partial charge in [0.1, 0.15) is 11.9 Å². The zero-order chi connectivity index (χ0) is 22.0. The van der Waals surface area contributed by atoms with Gasteiger partial charge < -0.3 is 9.84 Å². The van der Waals surface area contributed by atoms with Gasteiger partial charge in [0, 0.05) is 17.5 Å². The molecule has 3 aromatic rings. The quantitative estimate of drug-likeness (QED) is 0.580. The zero-order valence-corrected chi connectivity index (χ0v) is 17.8. The molecule has 0 bridgehead atoms. The Balaban J connectivity index is 1.77. The zero-order valence-electron chi connectivity index (χ0n) is 17.8. The lowest BCUT2D eigenvalue weighted by atomic mass is 9.93. The highest BCUT2D eigenvalue weighted by atomic mass is 19.1. The highest BCUT2D eigenvalue weighted by Crippen LogP contribution is 2.34. The molecular formula is C25H27FN2O3. The van der Waals surface area contributed by atoms with Crippen molar-refractivity contribution in [3.8, 4) is 16.9 Å². The van der Waals surface area contributed by atoms with Crippen LogP contribution in [0.1, 0.15) is 50.3 Å². The molecule has 4 rings (SSSR count). The second-order valence-corrected chi connectivity index (χ2v) is 8.37. The fourth-order valence-electron chi connectivity index (χ4n) is 4.18. The number of halogens is 1. The van der Waals surface area contributed by atoms with Crippen LogP contribution < -0.4 is 0 Å². The maximum absolute atomic E-state index is 13.6. The number of rotatable bonds is 6. The van der Waals surface area contributed by atoms with Gasteiger partial charge in [-0.05, 0) is 55.2 Å². The van der Waals surface area contributed by atoms with Gasteiger partial charge in [-0.2, -0.15) is 5.10 Å². The molecule has 5 nitrogen and oxygen atoms in total. The minimum atomic E-state index is -0.653. The summed E-state index contributed by atoms with van der Waals surface area (Å²) in [5.41, 5.74) is 4.74. The van der Waals surface area contributed by atoms with Gasteiger partial charge >= 0.3 is 5.97 Å².